The van der Waals surface area contributed by atoms with E-state index in [1.807, 2.05) is 0 Å². The molecular weight excluding hydrogens is 328 g/mol. The number of nitrogens with one attached hydrogen (secondary N) is 1. The summed E-state index contributed by atoms with van der Waals surface area (Å²) in [6.07, 6.45) is -0.248. The molecule has 2 rings (SSSR count). The van der Waals surface area contributed by atoms with E-state index >= 15 is 0 Å². The average molecular weight is 347 g/mol. The highest BCUT2D eigenvalue weighted by atomic mass is 19.1. The third-order valence-corrected chi connectivity index (χ3v) is 3.72. The molecule has 132 valence electrons. The van der Waals surface area contributed by atoms with Crippen molar-refractivity contribution in [3.05, 3.63) is 71.3 Å². The quantitative estimate of drug-likeness (QED) is 0.721. The van der Waals surface area contributed by atoms with Gasteiger partial charge in [0.2, 0.25) is 5.91 Å². The third kappa shape index (κ3) is 6.08. The van der Waals surface area contributed by atoms with Gasteiger partial charge in [0.15, 0.2) is 5.78 Å². The summed E-state index contributed by atoms with van der Waals surface area (Å²) >= 11 is 0. The van der Waals surface area contributed by atoms with E-state index < -0.39 is 17.7 Å². The maximum Gasteiger partial charge on any atom is 0.220 e. The Kier molecular flexibility index (Phi) is 6.77. The molecule has 0 aliphatic heterocycles. The summed E-state index contributed by atoms with van der Waals surface area (Å²) in [6.45, 7) is 0.0103. The number of Topliss-reactive ketones (excluding diaryl/α,β-unsaturated/α-hetero) is 1. The predicted octanol–water partition coefficient (Wildman–Crippen LogP) is 3.17. The third-order valence-electron chi connectivity index (χ3n) is 3.72. The monoisotopic (exact) mass is 347 g/mol. The number of aliphatic hydroxyl groups is 1. The molecule has 4 nitrogen and oxygen atoms in total. The average Bonchev–Trinajstić information content (AvgIpc) is 2.60. The van der Waals surface area contributed by atoms with Crippen LogP contribution in [0, 0.1) is 11.6 Å². The lowest BCUT2D eigenvalue weighted by molar-refractivity contribution is -0.121. The number of carbonyl (C=O) groups excluding carboxylic acids is 2. The molecular formula is C19H19F2NO3. The van der Waals surface area contributed by atoms with Crippen LogP contribution in [0.3, 0.4) is 0 Å². The van der Waals surface area contributed by atoms with Crippen molar-refractivity contribution >= 4 is 11.7 Å². The lowest BCUT2D eigenvalue weighted by atomic mass is 10.1. The van der Waals surface area contributed by atoms with Crippen LogP contribution in [0.2, 0.25) is 0 Å². The molecule has 0 aromatic heterocycles. The van der Waals surface area contributed by atoms with Gasteiger partial charge in [-0.05, 0) is 48.4 Å². The number of ketones is 1. The number of amides is 1. The molecule has 2 aromatic rings. The highest BCUT2D eigenvalue weighted by Gasteiger charge is 2.11. The molecule has 25 heavy (non-hydrogen) atoms. The van der Waals surface area contributed by atoms with Crippen molar-refractivity contribution in [3.63, 3.8) is 0 Å². The smallest absolute Gasteiger partial charge is 0.220 e. The second-order valence-electron chi connectivity index (χ2n) is 5.66. The summed E-state index contributed by atoms with van der Waals surface area (Å²) in [6, 6.07) is 10.6. The predicted molar refractivity (Wildman–Crippen MR) is 89.0 cm³/mol. The Morgan fingerprint density at radius 3 is 2.08 bits per heavy atom. The Morgan fingerprint density at radius 2 is 1.48 bits per heavy atom. The zero-order valence-electron chi connectivity index (χ0n) is 13.5. The first-order chi connectivity index (χ1) is 12.0. The van der Waals surface area contributed by atoms with Crippen LogP contribution in [-0.4, -0.2) is 23.3 Å². The number of aliphatic hydroxyl groups excluding tert-OH is 1. The summed E-state index contributed by atoms with van der Waals surface area (Å²) in [5, 5.41) is 12.5. The van der Waals surface area contributed by atoms with E-state index in [0.29, 0.717) is 17.5 Å². The van der Waals surface area contributed by atoms with E-state index in [1.54, 1.807) is 0 Å². The Morgan fingerprint density at radius 1 is 0.920 bits per heavy atom. The second kappa shape index (κ2) is 9.03. The van der Waals surface area contributed by atoms with Crippen LogP contribution >= 0.6 is 0 Å². The van der Waals surface area contributed by atoms with E-state index in [9.17, 15) is 23.5 Å². The van der Waals surface area contributed by atoms with Gasteiger partial charge in [-0.2, -0.15) is 0 Å². The van der Waals surface area contributed by atoms with Crippen molar-refractivity contribution in [2.75, 3.05) is 6.54 Å². The van der Waals surface area contributed by atoms with Crippen molar-refractivity contribution in [3.8, 4) is 0 Å². The number of halogens is 2. The molecule has 0 aliphatic carbocycles. The molecule has 0 heterocycles. The zero-order chi connectivity index (χ0) is 18.2. The van der Waals surface area contributed by atoms with Crippen molar-refractivity contribution in [2.24, 2.45) is 0 Å². The van der Waals surface area contributed by atoms with Crippen molar-refractivity contribution in [2.45, 2.75) is 25.4 Å². The number of benzene rings is 2. The van der Waals surface area contributed by atoms with Crippen molar-refractivity contribution in [1.82, 2.24) is 5.32 Å². The minimum absolute atomic E-state index is 0.0103. The Balaban J connectivity index is 1.69. The highest BCUT2D eigenvalue weighted by molar-refractivity contribution is 5.96. The summed E-state index contributed by atoms with van der Waals surface area (Å²) < 4.78 is 25.6. The van der Waals surface area contributed by atoms with E-state index in [-0.39, 0.29) is 31.1 Å². The molecule has 0 radical (unpaired) electrons. The van der Waals surface area contributed by atoms with Crippen LogP contribution in [0.5, 0.6) is 0 Å². The normalized spacial score (nSPS) is 11.8. The van der Waals surface area contributed by atoms with Gasteiger partial charge in [0.1, 0.15) is 11.6 Å². The second-order valence-corrected chi connectivity index (χ2v) is 5.66. The fourth-order valence-electron chi connectivity index (χ4n) is 2.29. The van der Waals surface area contributed by atoms with Crippen LogP contribution in [-0.2, 0) is 4.79 Å². The molecule has 0 saturated heterocycles. The highest BCUT2D eigenvalue weighted by Crippen LogP contribution is 2.13. The number of hydrogen-bond donors (Lipinski definition) is 2. The van der Waals surface area contributed by atoms with E-state index in [2.05, 4.69) is 5.32 Å². The van der Waals surface area contributed by atoms with E-state index in [4.69, 9.17) is 0 Å². The summed E-state index contributed by atoms with van der Waals surface area (Å²) in [5.74, 6) is -1.24. The van der Waals surface area contributed by atoms with Gasteiger partial charge in [-0.1, -0.05) is 12.1 Å². The topological polar surface area (TPSA) is 66.4 Å². The first-order valence-corrected chi connectivity index (χ1v) is 7.94. The van der Waals surface area contributed by atoms with Gasteiger partial charge in [-0.3, -0.25) is 9.59 Å². The number of carbonyl (C=O) groups is 2. The van der Waals surface area contributed by atoms with Crippen molar-refractivity contribution < 1.29 is 23.5 Å². The largest absolute Gasteiger partial charge is 0.387 e. The molecule has 1 atom stereocenters. The fraction of sp³-hybridized carbons (Fsp3) is 0.263. The lowest BCUT2D eigenvalue weighted by Gasteiger charge is -2.12. The molecule has 6 heteroatoms. The number of hydrogen-bond acceptors (Lipinski definition) is 3. The van der Waals surface area contributed by atoms with Gasteiger partial charge in [0, 0.05) is 24.9 Å². The van der Waals surface area contributed by atoms with Gasteiger partial charge in [0.05, 0.1) is 6.10 Å². The van der Waals surface area contributed by atoms with Gasteiger partial charge >= 0.3 is 0 Å². The summed E-state index contributed by atoms with van der Waals surface area (Å²) in [5.41, 5.74) is 0.918. The van der Waals surface area contributed by atoms with Gasteiger partial charge < -0.3 is 10.4 Å². The standard InChI is InChI=1S/C19H19F2NO3/c20-15-8-4-13(5-9-15)17(23)2-1-3-19(25)22-12-18(24)14-6-10-16(21)11-7-14/h4-11,18,24H,1-3,12H2,(H,22,25). The summed E-state index contributed by atoms with van der Waals surface area (Å²) in [7, 11) is 0. The molecule has 0 aliphatic rings. The molecule has 0 spiro atoms. The fourth-order valence-corrected chi connectivity index (χ4v) is 2.29. The molecule has 0 saturated carbocycles. The Hall–Kier alpha value is -2.60. The molecule has 2 aromatic carbocycles. The van der Waals surface area contributed by atoms with Crippen LogP contribution in [0.4, 0.5) is 8.78 Å². The SMILES string of the molecule is O=C(CCCC(=O)c1ccc(F)cc1)NCC(O)c1ccc(F)cc1. The molecule has 0 fully saturated rings. The minimum Gasteiger partial charge on any atom is -0.387 e. The molecule has 2 N–H and O–H groups in total. The van der Waals surface area contributed by atoms with Crippen LogP contribution in [0.15, 0.2) is 48.5 Å². The maximum absolute atomic E-state index is 12.8. The first kappa shape index (κ1) is 18.7. The lowest BCUT2D eigenvalue weighted by Crippen LogP contribution is -2.28. The molecule has 1 amide bonds. The van der Waals surface area contributed by atoms with Crippen LogP contribution in [0.25, 0.3) is 0 Å². The number of rotatable bonds is 8. The van der Waals surface area contributed by atoms with Gasteiger partial charge in [-0.15, -0.1) is 0 Å². The zero-order valence-corrected chi connectivity index (χ0v) is 13.5. The summed E-state index contributed by atoms with van der Waals surface area (Å²) in [4.78, 5) is 23.6. The molecule has 1 unspecified atom stereocenters. The Bertz CT molecular complexity index is 714. The Labute approximate surface area is 144 Å². The van der Waals surface area contributed by atoms with Gasteiger partial charge in [-0.25, -0.2) is 8.78 Å². The molecule has 0 bridgehead atoms. The minimum atomic E-state index is -0.926. The first-order valence-electron chi connectivity index (χ1n) is 7.94. The maximum atomic E-state index is 12.8. The van der Waals surface area contributed by atoms with Gasteiger partial charge in [0.25, 0.3) is 0 Å². The van der Waals surface area contributed by atoms with Crippen LogP contribution in [0.1, 0.15) is 41.3 Å². The van der Waals surface area contributed by atoms with E-state index in [0.717, 1.165) is 0 Å². The van der Waals surface area contributed by atoms with E-state index in [1.165, 1.54) is 48.5 Å². The van der Waals surface area contributed by atoms with Crippen molar-refractivity contribution in [1.29, 1.82) is 0 Å². The van der Waals surface area contributed by atoms with Crippen LogP contribution < -0.4 is 5.32 Å².